The fraction of sp³-hybridized carbons (Fsp3) is 0.318. The SMILES string of the molecule is CCCn1c(=O)n(CC(=O)OCC(=O)NCCc2cccc(Cl)c2)c2ccccc21. The van der Waals surface area contributed by atoms with E-state index in [1.807, 2.05) is 43.3 Å². The van der Waals surface area contributed by atoms with Gasteiger partial charge in [0.1, 0.15) is 6.54 Å². The van der Waals surface area contributed by atoms with Crippen LogP contribution in [0.4, 0.5) is 0 Å². The van der Waals surface area contributed by atoms with E-state index in [-0.39, 0.29) is 12.2 Å². The number of halogens is 1. The Bertz CT molecular complexity index is 1100. The van der Waals surface area contributed by atoms with Crippen LogP contribution in [-0.2, 0) is 33.8 Å². The second-order valence-corrected chi connectivity index (χ2v) is 7.34. The molecule has 0 aliphatic heterocycles. The van der Waals surface area contributed by atoms with Gasteiger partial charge in [-0.2, -0.15) is 0 Å². The lowest BCUT2D eigenvalue weighted by atomic mass is 10.1. The van der Waals surface area contributed by atoms with Gasteiger partial charge < -0.3 is 10.1 Å². The van der Waals surface area contributed by atoms with E-state index in [2.05, 4.69) is 5.32 Å². The zero-order chi connectivity index (χ0) is 21.5. The first-order valence-corrected chi connectivity index (χ1v) is 10.2. The first kappa shape index (κ1) is 21.6. The van der Waals surface area contributed by atoms with Gasteiger partial charge in [-0.3, -0.25) is 18.7 Å². The lowest BCUT2D eigenvalue weighted by Gasteiger charge is -2.07. The van der Waals surface area contributed by atoms with E-state index in [9.17, 15) is 14.4 Å². The number of carbonyl (C=O) groups excluding carboxylic acids is 2. The van der Waals surface area contributed by atoms with Crippen molar-refractivity contribution in [3.8, 4) is 0 Å². The zero-order valence-corrected chi connectivity index (χ0v) is 17.5. The third-order valence-electron chi connectivity index (χ3n) is 4.65. The van der Waals surface area contributed by atoms with Crippen molar-refractivity contribution in [1.29, 1.82) is 0 Å². The number of hydrogen-bond donors (Lipinski definition) is 1. The van der Waals surface area contributed by atoms with E-state index < -0.39 is 18.5 Å². The highest BCUT2D eigenvalue weighted by molar-refractivity contribution is 6.30. The average molecular weight is 430 g/mol. The molecule has 3 rings (SSSR count). The van der Waals surface area contributed by atoms with E-state index in [0.29, 0.717) is 30.0 Å². The molecule has 1 amide bonds. The molecule has 30 heavy (non-hydrogen) atoms. The number of benzene rings is 2. The summed E-state index contributed by atoms with van der Waals surface area (Å²) in [5.41, 5.74) is 2.18. The fourth-order valence-electron chi connectivity index (χ4n) is 3.28. The lowest BCUT2D eigenvalue weighted by molar-refractivity contribution is -0.149. The molecule has 0 aliphatic rings. The van der Waals surface area contributed by atoms with Gasteiger partial charge in [0.2, 0.25) is 0 Å². The molecular formula is C22H24ClN3O4. The Morgan fingerprint density at radius 1 is 1.07 bits per heavy atom. The quantitative estimate of drug-likeness (QED) is 0.530. The molecule has 0 radical (unpaired) electrons. The van der Waals surface area contributed by atoms with Crippen LogP contribution in [0.2, 0.25) is 5.02 Å². The van der Waals surface area contributed by atoms with Crippen molar-refractivity contribution in [2.24, 2.45) is 0 Å². The van der Waals surface area contributed by atoms with Crippen LogP contribution in [0.1, 0.15) is 18.9 Å². The maximum Gasteiger partial charge on any atom is 0.329 e. The summed E-state index contributed by atoms with van der Waals surface area (Å²) in [5.74, 6) is -1.03. The van der Waals surface area contributed by atoms with Crippen LogP contribution in [0.3, 0.4) is 0 Å². The molecule has 0 atom stereocenters. The topological polar surface area (TPSA) is 82.3 Å². The number of aromatic nitrogens is 2. The second-order valence-electron chi connectivity index (χ2n) is 6.90. The Morgan fingerprint density at radius 3 is 2.50 bits per heavy atom. The molecule has 0 unspecified atom stereocenters. The van der Waals surface area contributed by atoms with Crippen LogP contribution in [-0.4, -0.2) is 34.2 Å². The summed E-state index contributed by atoms with van der Waals surface area (Å²) in [6.45, 7) is 2.32. The minimum absolute atomic E-state index is 0.244. The summed E-state index contributed by atoms with van der Waals surface area (Å²) in [6, 6.07) is 14.7. The zero-order valence-electron chi connectivity index (χ0n) is 16.8. The Balaban J connectivity index is 1.53. The van der Waals surface area contributed by atoms with Gasteiger partial charge in [-0.15, -0.1) is 0 Å². The van der Waals surface area contributed by atoms with Crippen molar-refractivity contribution in [1.82, 2.24) is 14.5 Å². The number of rotatable bonds is 9. The minimum Gasteiger partial charge on any atom is -0.454 e. The average Bonchev–Trinajstić information content (AvgIpc) is 2.99. The van der Waals surface area contributed by atoms with Crippen molar-refractivity contribution in [3.05, 3.63) is 69.6 Å². The first-order valence-electron chi connectivity index (χ1n) is 9.84. The molecule has 0 fully saturated rings. The van der Waals surface area contributed by atoms with Gasteiger partial charge >= 0.3 is 11.7 Å². The van der Waals surface area contributed by atoms with Crippen LogP contribution >= 0.6 is 11.6 Å². The Kier molecular flexibility index (Phi) is 7.30. The van der Waals surface area contributed by atoms with Gasteiger partial charge in [-0.1, -0.05) is 42.8 Å². The molecule has 1 heterocycles. The first-order chi connectivity index (χ1) is 14.5. The van der Waals surface area contributed by atoms with Crippen LogP contribution in [0.5, 0.6) is 0 Å². The number of nitrogens with zero attached hydrogens (tertiary/aromatic N) is 2. The summed E-state index contributed by atoms with van der Waals surface area (Å²) in [4.78, 5) is 36.8. The summed E-state index contributed by atoms with van der Waals surface area (Å²) in [6.07, 6.45) is 1.42. The standard InChI is InChI=1S/C22H24ClN3O4/c1-2-12-25-18-8-3-4-9-19(18)26(22(25)29)14-21(28)30-15-20(27)24-11-10-16-6-5-7-17(23)13-16/h3-9,13H,2,10-12,14-15H2,1H3,(H,24,27). The maximum absolute atomic E-state index is 12.7. The van der Waals surface area contributed by atoms with Crippen molar-refractivity contribution in [2.45, 2.75) is 32.9 Å². The molecule has 2 aromatic carbocycles. The summed E-state index contributed by atoms with van der Waals surface area (Å²) >= 11 is 5.93. The number of amides is 1. The molecule has 7 nitrogen and oxygen atoms in total. The predicted molar refractivity (Wildman–Crippen MR) is 116 cm³/mol. The van der Waals surface area contributed by atoms with Gasteiger partial charge in [0.05, 0.1) is 11.0 Å². The lowest BCUT2D eigenvalue weighted by Crippen LogP contribution is -2.32. The van der Waals surface area contributed by atoms with Crippen molar-refractivity contribution >= 4 is 34.5 Å². The number of ether oxygens (including phenoxy) is 1. The predicted octanol–water partition coefficient (Wildman–Crippen LogP) is 2.77. The molecule has 0 spiro atoms. The number of esters is 1. The van der Waals surface area contributed by atoms with Gasteiger partial charge in [-0.25, -0.2) is 4.79 Å². The van der Waals surface area contributed by atoms with Crippen molar-refractivity contribution in [3.63, 3.8) is 0 Å². The van der Waals surface area contributed by atoms with E-state index in [1.165, 1.54) is 4.57 Å². The third-order valence-corrected chi connectivity index (χ3v) is 4.88. The van der Waals surface area contributed by atoms with Crippen molar-refractivity contribution in [2.75, 3.05) is 13.2 Å². The molecule has 0 aliphatic carbocycles. The number of aryl methyl sites for hydroxylation is 1. The molecule has 158 valence electrons. The minimum atomic E-state index is -0.638. The molecule has 1 aromatic heterocycles. The van der Waals surface area contributed by atoms with E-state index in [1.54, 1.807) is 16.7 Å². The monoisotopic (exact) mass is 429 g/mol. The van der Waals surface area contributed by atoms with Gasteiger partial charge in [-0.05, 0) is 42.7 Å². The number of imidazole rings is 1. The summed E-state index contributed by atoms with van der Waals surface area (Å²) in [5, 5.41) is 3.34. The smallest absolute Gasteiger partial charge is 0.329 e. The Labute approximate surface area is 179 Å². The highest BCUT2D eigenvalue weighted by Gasteiger charge is 2.16. The Morgan fingerprint density at radius 2 is 1.80 bits per heavy atom. The number of nitrogens with one attached hydrogen (secondary N) is 1. The fourth-order valence-corrected chi connectivity index (χ4v) is 3.49. The summed E-state index contributed by atoms with van der Waals surface area (Å²) in [7, 11) is 0. The highest BCUT2D eigenvalue weighted by Crippen LogP contribution is 2.13. The number of para-hydroxylation sites is 2. The Hall–Kier alpha value is -3.06. The molecule has 0 bridgehead atoms. The number of hydrogen-bond acceptors (Lipinski definition) is 4. The van der Waals surface area contributed by atoms with Gasteiger partial charge in [0, 0.05) is 18.1 Å². The van der Waals surface area contributed by atoms with E-state index in [0.717, 1.165) is 17.5 Å². The molecule has 8 heteroatoms. The molecule has 1 N–H and O–H groups in total. The van der Waals surface area contributed by atoms with Crippen molar-refractivity contribution < 1.29 is 14.3 Å². The van der Waals surface area contributed by atoms with Crippen LogP contribution in [0.25, 0.3) is 11.0 Å². The largest absolute Gasteiger partial charge is 0.454 e. The normalized spacial score (nSPS) is 10.9. The van der Waals surface area contributed by atoms with Crippen LogP contribution in [0.15, 0.2) is 53.3 Å². The molecular weight excluding hydrogens is 406 g/mol. The molecule has 3 aromatic rings. The van der Waals surface area contributed by atoms with E-state index >= 15 is 0 Å². The molecule has 0 saturated carbocycles. The van der Waals surface area contributed by atoms with E-state index in [4.69, 9.17) is 16.3 Å². The number of fused-ring (bicyclic) bond motifs is 1. The third kappa shape index (κ3) is 5.30. The van der Waals surface area contributed by atoms with Crippen LogP contribution in [0, 0.1) is 0 Å². The van der Waals surface area contributed by atoms with Gasteiger partial charge in [0.15, 0.2) is 6.61 Å². The number of carbonyl (C=O) groups is 2. The highest BCUT2D eigenvalue weighted by atomic mass is 35.5. The summed E-state index contributed by atoms with van der Waals surface area (Å²) < 4.78 is 8.09. The maximum atomic E-state index is 12.7. The molecule has 0 saturated heterocycles. The second kappa shape index (κ2) is 10.1. The van der Waals surface area contributed by atoms with Gasteiger partial charge in [0.25, 0.3) is 5.91 Å². The van der Waals surface area contributed by atoms with Crippen LogP contribution < -0.4 is 11.0 Å².